The molecule has 0 saturated heterocycles. The van der Waals surface area contributed by atoms with Crippen LogP contribution in [0.3, 0.4) is 0 Å². The number of hydrogen-bond acceptors (Lipinski definition) is 2. The molecule has 0 amide bonds. The monoisotopic (exact) mass is 394 g/mol. The van der Waals surface area contributed by atoms with Gasteiger partial charge >= 0.3 is 0 Å². The third kappa shape index (κ3) is 3.66. The van der Waals surface area contributed by atoms with Crippen LogP contribution in [-0.4, -0.2) is 25.3 Å². The molecule has 2 rings (SSSR count). The molecular weight excluding hydrogens is 379 g/mol. The van der Waals surface area contributed by atoms with Crippen LogP contribution in [0, 0.1) is 5.82 Å². The molecule has 0 aliphatic heterocycles. The second-order valence-electron chi connectivity index (χ2n) is 5.09. The number of halogens is 3. The summed E-state index contributed by atoms with van der Waals surface area (Å²) in [6.07, 6.45) is 2.42. The lowest BCUT2D eigenvalue weighted by Gasteiger charge is -2.13. The lowest BCUT2D eigenvalue weighted by Crippen LogP contribution is -2.14. The summed E-state index contributed by atoms with van der Waals surface area (Å²) in [7, 11) is -0.879. The molecule has 0 bridgehead atoms. The van der Waals surface area contributed by atoms with Crippen LogP contribution in [0.5, 0.6) is 0 Å². The second kappa shape index (κ2) is 6.75. The van der Waals surface area contributed by atoms with E-state index in [1.54, 1.807) is 12.3 Å². The van der Waals surface area contributed by atoms with Gasteiger partial charge in [0.05, 0.1) is 20.9 Å². The lowest BCUT2D eigenvalue weighted by molar-refractivity contribution is 0.602. The van der Waals surface area contributed by atoms with Gasteiger partial charge in [-0.25, -0.2) is 9.37 Å². The largest absolute Gasteiger partial charge is 0.327 e. The Labute approximate surface area is 139 Å². The molecule has 0 spiro atoms. The number of aromatic nitrogens is 2. The molecule has 0 saturated carbocycles. The molecule has 3 unspecified atom stereocenters. The predicted octanol–water partition coefficient (Wildman–Crippen LogP) is 4.39. The Hall–Kier alpha value is -0.460. The zero-order valence-electron chi connectivity index (χ0n) is 12.1. The first-order valence-electron chi connectivity index (χ1n) is 6.62. The van der Waals surface area contributed by atoms with E-state index >= 15 is 0 Å². The van der Waals surface area contributed by atoms with Crippen LogP contribution in [0.4, 0.5) is 4.39 Å². The van der Waals surface area contributed by atoms with E-state index in [-0.39, 0.29) is 16.4 Å². The summed E-state index contributed by atoms with van der Waals surface area (Å²) < 4.78 is 27.6. The topological polar surface area (TPSA) is 34.9 Å². The summed E-state index contributed by atoms with van der Waals surface area (Å²) in [6.45, 7) is 4.40. The number of alkyl halides is 1. The van der Waals surface area contributed by atoms with Crippen molar-refractivity contribution in [3.8, 4) is 0 Å². The molecule has 1 aromatic carbocycles. The number of benzene rings is 1. The highest BCUT2D eigenvalue weighted by Crippen LogP contribution is 2.28. The number of rotatable bonds is 5. The van der Waals surface area contributed by atoms with Gasteiger partial charge in [0.15, 0.2) is 0 Å². The summed E-state index contributed by atoms with van der Waals surface area (Å²) in [5.74, 6) is 0.378. The summed E-state index contributed by atoms with van der Waals surface area (Å²) in [5, 5.41) is -0.206. The zero-order chi connectivity index (χ0) is 15.7. The molecule has 1 aromatic heterocycles. The molecule has 0 radical (unpaired) electrons. The number of imidazole rings is 1. The van der Waals surface area contributed by atoms with Gasteiger partial charge in [-0.1, -0.05) is 6.92 Å². The van der Waals surface area contributed by atoms with Gasteiger partial charge in [-0.2, -0.15) is 0 Å². The number of hydrogen-bond donors (Lipinski definition) is 0. The lowest BCUT2D eigenvalue weighted by atomic mass is 10.3. The standard InChI is InChI=1S/C14H17BrClFN2OS/c1-8(21(3)20)4-5-19-13-7-11(17)10(15)6-12(13)18-14(19)9(2)16/h6-9H,4-5H2,1-3H3. The van der Waals surface area contributed by atoms with E-state index in [9.17, 15) is 8.60 Å². The Morgan fingerprint density at radius 2 is 2.14 bits per heavy atom. The van der Waals surface area contributed by atoms with Crippen molar-refractivity contribution < 1.29 is 8.60 Å². The van der Waals surface area contributed by atoms with E-state index in [2.05, 4.69) is 20.9 Å². The van der Waals surface area contributed by atoms with Gasteiger partial charge in [0.2, 0.25) is 0 Å². The normalized spacial score (nSPS) is 16.1. The van der Waals surface area contributed by atoms with Crippen molar-refractivity contribution in [2.45, 2.75) is 37.4 Å². The average Bonchev–Trinajstić information content (AvgIpc) is 2.74. The van der Waals surface area contributed by atoms with Gasteiger partial charge in [-0.3, -0.25) is 4.21 Å². The minimum Gasteiger partial charge on any atom is -0.327 e. The zero-order valence-corrected chi connectivity index (χ0v) is 15.2. The highest BCUT2D eigenvalue weighted by molar-refractivity contribution is 9.10. The highest BCUT2D eigenvalue weighted by atomic mass is 79.9. The average molecular weight is 396 g/mol. The molecular formula is C14H17BrClFN2OS. The number of fused-ring (bicyclic) bond motifs is 1. The Morgan fingerprint density at radius 1 is 1.48 bits per heavy atom. The Kier molecular flexibility index (Phi) is 5.43. The van der Waals surface area contributed by atoms with E-state index < -0.39 is 10.8 Å². The van der Waals surface area contributed by atoms with Gasteiger partial charge in [0.25, 0.3) is 0 Å². The van der Waals surface area contributed by atoms with Crippen molar-refractivity contribution in [2.24, 2.45) is 0 Å². The van der Waals surface area contributed by atoms with Crippen molar-refractivity contribution in [3.05, 3.63) is 28.2 Å². The van der Waals surface area contributed by atoms with E-state index in [1.165, 1.54) is 6.07 Å². The van der Waals surface area contributed by atoms with Crippen LogP contribution in [0.25, 0.3) is 11.0 Å². The van der Waals surface area contributed by atoms with Crippen LogP contribution >= 0.6 is 27.5 Å². The van der Waals surface area contributed by atoms with Crippen molar-refractivity contribution >= 4 is 49.4 Å². The van der Waals surface area contributed by atoms with E-state index in [0.29, 0.717) is 27.9 Å². The quantitative estimate of drug-likeness (QED) is 0.704. The Morgan fingerprint density at radius 3 is 2.71 bits per heavy atom. The molecule has 7 heteroatoms. The van der Waals surface area contributed by atoms with Crippen molar-refractivity contribution in [2.75, 3.05) is 6.26 Å². The molecule has 3 atom stereocenters. The fourth-order valence-electron chi connectivity index (χ4n) is 2.15. The van der Waals surface area contributed by atoms with Crippen molar-refractivity contribution in [1.29, 1.82) is 0 Å². The molecule has 0 N–H and O–H groups in total. The molecule has 1 heterocycles. The van der Waals surface area contributed by atoms with Crippen LogP contribution in [-0.2, 0) is 17.3 Å². The molecule has 0 fully saturated rings. The maximum absolute atomic E-state index is 13.8. The molecule has 116 valence electrons. The third-order valence-corrected chi connectivity index (χ3v) is 5.67. The SMILES string of the molecule is CC(Cl)c1nc2cc(Br)c(F)cc2n1CCC(C)S(C)=O. The fourth-order valence-corrected chi connectivity index (χ4v) is 3.09. The van der Waals surface area contributed by atoms with E-state index in [4.69, 9.17) is 11.6 Å². The third-order valence-electron chi connectivity index (χ3n) is 3.50. The molecule has 2 aromatic rings. The van der Waals surface area contributed by atoms with Gasteiger partial charge in [-0.15, -0.1) is 11.6 Å². The summed E-state index contributed by atoms with van der Waals surface area (Å²) in [6, 6.07) is 3.12. The minimum atomic E-state index is -0.879. The van der Waals surface area contributed by atoms with Gasteiger partial charge in [-0.05, 0) is 35.3 Å². The highest BCUT2D eigenvalue weighted by Gasteiger charge is 2.18. The van der Waals surface area contributed by atoms with Crippen LogP contribution in [0.1, 0.15) is 31.5 Å². The van der Waals surface area contributed by atoms with Gasteiger partial charge < -0.3 is 4.57 Å². The number of aryl methyl sites for hydroxylation is 1. The summed E-state index contributed by atoms with van der Waals surface area (Å²) >= 11 is 9.36. The van der Waals surface area contributed by atoms with Gasteiger partial charge in [0.1, 0.15) is 11.6 Å². The van der Waals surface area contributed by atoms with Crippen molar-refractivity contribution in [3.63, 3.8) is 0 Å². The van der Waals surface area contributed by atoms with Crippen molar-refractivity contribution in [1.82, 2.24) is 9.55 Å². The summed E-state index contributed by atoms with van der Waals surface area (Å²) in [4.78, 5) is 4.50. The molecule has 0 aliphatic carbocycles. The van der Waals surface area contributed by atoms with Crippen LogP contribution in [0.2, 0.25) is 0 Å². The van der Waals surface area contributed by atoms with Gasteiger partial charge in [0, 0.05) is 34.9 Å². The Bertz CT molecular complexity index is 689. The maximum atomic E-state index is 13.8. The van der Waals surface area contributed by atoms with E-state index in [0.717, 1.165) is 6.42 Å². The molecule has 0 aliphatic rings. The Balaban J connectivity index is 2.46. The van der Waals surface area contributed by atoms with E-state index in [1.807, 2.05) is 18.4 Å². The number of nitrogens with zero attached hydrogens (tertiary/aromatic N) is 2. The smallest absolute Gasteiger partial charge is 0.139 e. The second-order valence-corrected chi connectivity index (χ2v) is 8.40. The first-order chi connectivity index (χ1) is 9.81. The first kappa shape index (κ1) is 16.9. The maximum Gasteiger partial charge on any atom is 0.139 e. The van der Waals surface area contributed by atoms with Crippen LogP contribution < -0.4 is 0 Å². The molecule has 3 nitrogen and oxygen atoms in total. The summed E-state index contributed by atoms with van der Waals surface area (Å²) in [5.41, 5.74) is 1.42. The fraction of sp³-hybridized carbons (Fsp3) is 0.500. The minimum absolute atomic E-state index is 0.0706. The first-order valence-corrected chi connectivity index (χ1v) is 9.47. The van der Waals surface area contributed by atoms with Crippen LogP contribution in [0.15, 0.2) is 16.6 Å². The predicted molar refractivity (Wildman–Crippen MR) is 89.8 cm³/mol. The molecule has 21 heavy (non-hydrogen) atoms.